The molecule has 2 atom stereocenters. The van der Waals surface area contributed by atoms with Crippen LogP contribution in [0.4, 0.5) is 0 Å². The molecule has 3 heterocycles. The van der Waals surface area contributed by atoms with Crippen LogP contribution in [0, 0.1) is 6.08 Å². The molecule has 1 aromatic heterocycles. The summed E-state index contributed by atoms with van der Waals surface area (Å²) in [7, 11) is -0.977. The molecule has 8 nitrogen and oxygen atoms in total. The Hall–Kier alpha value is -2.32. The monoisotopic (exact) mass is 647 g/mol. The van der Waals surface area contributed by atoms with Crippen molar-refractivity contribution in [3.05, 3.63) is 62.6 Å². The summed E-state index contributed by atoms with van der Waals surface area (Å²) < 4.78 is 14.1. The summed E-state index contributed by atoms with van der Waals surface area (Å²) in [5.74, 6) is -0.483. The van der Waals surface area contributed by atoms with Crippen LogP contribution in [0.25, 0.3) is 6.08 Å². The molecule has 0 saturated carbocycles. The van der Waals surface area contributed by atoms with Crippen molar-refractivity contribution < 1.29 is 43.7 Å². The second-order valence-corrected chi connectivity index (χ2v) is 11.1. The number of carboxylic acid groups (broad SMARTS) is 1. The average Bonchev–Trinajstić information content (AvgIpc) is 3.12. The van der Waals surface area contributed by atoms with Crippen molar-refractivity contribution in [2.24, 2.45) is 5.73 Å². The Bertz CT molecular complexity index is 1260. The molecular weight excluding hydrogens is 619 g/mol. The van der Waals surface area contributed by atoms with Crippen molar-refractivity contribution in [2.75, 3.05) is 13.2 Å². The number of nitrogens with zero attached hydrogens (tertiary/aromatic N) is 1. The number of hydrogen-bond acceptors (Lipinski definition) is 6. The summed E-state index contributed by atoms with van der Waals surface area (Å²) in [6.07, 6.45) is 7.77. The number of allylic oxidation sites excluding steroid dienone is 1. The fourth-order valence-corrected chi connectivity index (χ4v) is 5.45. The number of fused-ring (bicyclic) bond motifs is 2. The summed E-state index contributed by atoms with van der Waals surface area (Å²) in [6, 6.07) is 5.69. The standard InChI is InChI=1S/C25H28BN2O6.W/c1-3-17-20(28-15(2)12-21(28)23(24(17)29)25(30)31)8-6-4-5-7-11-33-16-9-10-18-19(13-16)26(32)34-22(18)14-27;/h8-10,13,15,22,32H,4-5,7,11-12,14,27H2,1-2H3,(H,30,31);/q-1;/t15?,22-;/m1./s1. The van der Waals surface area contributed by atoms with E-state index in [1.54, 1.807) is 6.07 Å². The van der Waals surface area contributed by atoms with Crippen molar-refractivity contribution in [2.45, 2.75) is 51.7 Å². The van der Waals surface area contributed by atoms with E-state index >= 15 is 0 Å². The van der Waals surface area contributed by atoms with Gasteiger partial charge in [-0.2, -0.15) is 0 Å². The molecule has 0 amide bonds. The molecule has 4 rings (SSSR count). The third-order valence-electron chi connectivity index (χ3n) is 6.45. The molecule has 0 fully saturated rings. The first-order valence-corrected chi connectivity index (χ1v) is 13.1. The molecule has 1 aromatic carbocycles. The minimum atomic E-state index is -1.16. The number of pyridine rings is 1. The van der Waals surface area contributed by atoms with E-state index in [-0.39, 0.29) is 17.7 Å². The van der Waals surface area contributed by atoms with Crippen LogP contribution in [0.3, 0.4) is 0 Å². The van der Waals surface area contributed by atoms with Gasteiger partial charge >= 0.3 is 170 Å². The first-order valence-electron chi connectivity index (χ1n) is 11.7. The molecule has 4 N–H and O–H groups in total. The van der Waals surface area contributed by atoms with Gasteiger partial charge in [-0.25, -0.2) is 0 Å². The average molecular weight is 647 g/mol. The first-order chi connectivity index (χ1) is 16.7. The van der Waals surface area contributed by atoms with E-state index in [4.69, 9.17) is 15.1 Å². The second kappa shape index (κ2) is 10.7. The van der Waals surface area contributed by atoms with Crippen LogP contribution in [0.1, 0.15) is 78.1 Å². The zero-order valence-corrected chi connectivity index (χ0v) is 22.7. The van der Waals surface area contributed by atoms with E-state index in [9.17, 15) is 19.7 Å². The number of nitrogens with two attached hydrogens (primary N) is 1. The first kappa shape index (κ1) is 25.8. The van der Waals surface area contributed by atoms with Crippen LogP contribution in [0.2, 0.25) is 0 Å². The molecule has 35 heavy (non-hydrogen) atoms. The number of unbranched alkanes of at least 4 members (excludes halogenated alkanes) is 2. The van der Waals surface area contributed by atoms with Crippen LogP contribution in [-0.4, -0.2) is 44.8 Å². The molecular formula is C25H28BN2O6W-. The predicted octanol–water partition coefficient (Wildman–Crippen LogP) is 1.53. The Labute approximate surface area is 215 Å². The SMILES string of the molecule is C[C](=[W])c1c(C=[C-]CCCCOc2ccc3c(c2)B(O)O[C@@H]3CN)n2c(c(C(=O)O)c1=O)CC2C. The molecule has 0 aliphatic carbocycles. The number of benzene rings is 1. The van der Waals surface area contributed by atoms with Gasteiger partial charge in [-0.05, 0) is 11.0 Å². The van der Waals surface area contributed by atoms with Gasteiger partial charge in [0.1, 0.15) is 0 Å². The van der Waals surface area contributed by atoms with Crippen LogP contribution >= 0.6 is 0 Å². The number of ether oxygens (including phenoxy) is 1. The number of rotatable bonds is 10. The van der Waals surface area contributed by atoms with Gasteiger partial charge in [0.2, 0.25) is 0 Å². The molecule has 2 aliphatic heterocycles. The summed E-state index contributed by atoms with van der Waals surface area (Å²) >= 11 is 1.14. The normalized spacial score (nSPS) is 18.3. The van der Waals surface area contributed by atoms with Crippen LogP contribution in [-0.2, 0) is 30.4 Å². The molecule has 1 unspecified atom stereocenters. The van der Waals surface area contributed by atoms with Crippen molar-refractivity contribution in [1.82, 2.24) is 4.57 Å². The molecule has 0 bridgehead atoms. The minimum absolute atomic E-state index is 0.0998. The number of carbonyl (C=O) groups is 1. The molecule has 2 aliphatic rings. The van der Waals surface area contributed by atoms with E-state index in [1.165, 1.54) is 0 Å². The fraction of sp³-hybridized carbons (Fsp3) is 0.400. The van der Waals surface area contributed by atoms with Gasteiger partial charge in [-0.15, -0.1) is 0 Å². The zero-order chi connectivity index (χ0) is 25.3. The summed E-state index contributed by atoms with van der Waals surface area (Å²) in [5, 5.41) is 19.6. The van der Waals surface area contributed by atoms with E-state index in [2.05, 4.69) is 6.08 Å². The predicted molar refractivity (Wildman–Crippen MR) is 130 cm³/mol. The van der Waals surface area contributed by atoms with E-state index in [0.29, 0.717) is 48.5 Å². The van der Waals surface area contributed by atoms with Gasteiger partial charge in [0, 0.05) is 6.54 Å². The van der Waals surface area contributed by atoms with Gasteiger partial charge in [-0.3, -0.25) is 0 Å². The van der Waals surface area contributed by atoms with Crippen molar-refractivity contribution in [3.63, 3.8) is 0 Å². The molecule has 2 aromatic rings. The third kappa shape index (κ3) is 5.01. The number of aromatic carboxylic acids is 1. The Morgan fingerprint density at radius 2 is 2.17 bits per heavy atom. The Morgan fingerprint density at radius 3 is 2.83 bits per heavy atom. The molecule has 10 heteroatoms. The molecule has 0 saturated heterocycles. The number of carboxylic acids is 1. The molecule has 0 radical (unpaired) electrons. The van der Waals surface area contributed by atoms with Gasteiger partial charge in [0.15, 0.2) is 0 Å². The number of aromatic nitrogens is 1. The van der Waals surface area contributed by atoms with Gasteiger partial charge in [0.05, 0.1) is 6.10 Å². The zero-order valence-electron chi connectivity index (χ0n) is 19.7. The summed E-state index contributed by atoms with van der Waals surface area (Å²) in [5.41, 5.74) is 8.62. The van der Waals surface area contributed by atoms with Gasteiger partial charge in [0.25, 0.3) is 0 Å². The van der Waals surface area contributed by atoms with Crippen molar-refractivity contribution in [3.8, 4) is 5.75 Å². The van der Waals surface area contributed by atoms with Crippen molar-refractivity contribution >= 4 is 28.5 Å². The van der Waals surface area contributed by atoms with Crippen LogP contribution in [0.15, 0.2) is 23.0 Å². The quantitative estimate of drug-likeness (QED) is 0.203. The van der Waals surface area contributed by atoms with Gasteiger partial charge < -0.3 is 15.4 Å². The van der Waals surface area contributed by atoms with E-state index in [0.717, 1.165) is 47.4 Å². The Morgan fingerprint density at radius 1 is 1.40 bits per heavy atom. The van der Waals surface area contributed by atoms with Crippen molar-refractivity contribution in [1.29, 1.82) is 0 Å². The Kier molecular flexibility index (Phi) is 7.91. The second-order valence-electron chi connectivity index (χ2n) is 8.85. The van der Waals surface area contributed by atoms with Gasteiger partial charge in [-0.1, -0.05) is 6.07 Å². The topological polar surface area (TPSA) is 124 Å². The summed E-state index contributed by atoms with van der Waals surface area (Å²) in [4.78, 5) is 24.6. The van der Waals surface area contributed by atoms with E-state index in [1.807, 2.05) is 36.6 Å². The fourth-order valence-electron chi connectivity index (χ4n) is 4.75. The third-order valence-corrected chi connectivity index (χ3v) is 7.18. The molecule has 184 valence electrons. The number of hydrogen-bond donors (Lipinski definition) is 3. The maximum absolute atomic E-state index is 12.9. The summed E-state index contributed by atoms with van der Waals surface area (Å²) in [6.45, 7) is 4.73. The Balaban J connectivity index is 1.36. The van der Waals surface area contributed by atoms with Crippen LogP contribution in [0.5, 0.6) is 5.75 Å². The van der Waals surface area contributed by atoms with Crippen LogP contribution < -0.4 is 21.4 Å². The van der Waals surface area contributed by atoms with E-state index < -0.39 is 18.5 Å². The molecule has 0 spiro atoms. The maximum atomic E-state index is 12.9.